The van der Waals surface area contributed by atoms with Crippen LogP contribution in [0.25, 0.3) is 6.08 Å². The monoisotopic (exact) mass is 478 g/mol. The molecule has 3 aromatic rings. The van der Waals surface area contributed by atoms with Crippen molar-refractivity contribution >= 4 is 51.7 Å². The molecule has 0 N–H and O–H groups in total. The minimum Gasteiger partial charge on any atom is -0.490 e. The van der Waals surface area contributed by atoms with E-state index in [2.05, 4.69) is 0 Å². The molecule has 4 rings (SSSR count). The van der Waals surface area contributed by atoms with E-state index in [-0.39, 0.29) is 11.6 Å². The van der Waals surface area contributed by atoms with E-state index in [1.807, 2.05) is 54.6 Å². The molecule has 9 heteroatoms. The summed E-state index contributed by atoms with van der Waals surface area (Å²) in [5.74, 6) is 1.22. The highest BCUT2D eigenvalue weighted by Gasteiger charge is 2.33. The molecule has 33 heavy (non-hydrogen) atoms. The van der Waals surface area contributed by atoms with Gasteiger partial charge in [0.15, 0.2) is 4.32 Å². The summed E-state index contributed by atoms with van der Waals surface area (Å²) in [7, 11) is 0. The maximum absolute atomic E-state index is 12.9. The van der Waals surface area contributed by atoms with E-state index in [0.29, 0.717) is 33.9 Å². The first-order valence-corrected chi connectivity index (χ1v) is 11.2. The van der Waals surface area contributed by atoms with Crippen LogP contribution in [0.4, 0.5) is 11.4 Å². The Bertz CT molecular complexity index is 1200. The molecule has 1 saturated heterocycles. The van der Waals surface area contributed by atoms with Crippen LogP contribution in [0.15, 0.2) is 83.8 Å². The normalized spacial score (nSPS) is 14.5. The number of nitro benzene ring substituents is 1. The van der Waals surface area contributed by atoms with E-state index in [0.717, 1.165) is 11.3 Å². The van der Waals surface area contributed by atoms with Crippen LogP contribution in [-0.2, 0) is 4.79 Å². The number of thiocarbonyl (C=S) groups is 1. The summed E-state index contributed by atoms with van der Waals surface area (Å²) >= 11 is 6.54. The number of anilines is 1. The van der Waals surface area contributed by atoms with E-state index >= 15 is 0 Å². The van der Waals surface area contributed by atoms with E-state index in [4.69, 9.17) is 21.7 Å². The van der Waals surface area contributed by atoms with Gasteiger partial charge < -0.3 is 9.47 Å². The van der Waals surface area contributed by atoms with Gasteiger partial charge in [-0.25, -0.2) is 0 Å². The number of carbonyl (C=O) groups is 1. The zero-order valence-corrected chi connectivity index (χ0v) is 18.9. The van der Waals surface area contributed by atoms with Gasteiger partial charge in [-0.15, -0.1) is 0 Å². The molecule has 1 heterocycles. The molecule has 0 saturated carbocycles. The van der Waals surface area contributed by atoms with Crippen LogP contribution in [-0.4, -0.2) is 28.4 Å². The zero-order valence-electron chi connectivity index (χ0n) is 17.2. The van der Waals surface area contributed by atoms with Crippen molar-refractivity contribution < 1.29 is 19.2 Å². The molecule has 1 aliphatic rings. The van der Waals surface area contributed by atoms with Crippen molar-refractivity contribution in [3.05, 3.63) is 99.4 Å². The van der Waals surface area contributed by atoms with Crippen LogP contribution in [0.5, 0.6) is 11.5 Å². The molecule has 0 unspecified atom stereocenters. The summed E-state index contributed by atoms with van der Waals surface area (Å²) in [4.78, 5) is 25.1. The Morgan fingerprint density at radius 2 is 1.52 bits per heavy atom. The molecule has 0 bridgehead atoms. The number of nitrogens with zero attached hydrogens (tertiary/aromatic N) is 2. The van der Waals surface area contributed by atoms with Crippen LogP contribution in [0.2, 0.25) is 0 Å². The third-order valence-corrected chi connectivity index (χ3v) is 5.96. The first-order chi connectivity index (χ1) is 16.0. The standard InChI is InChI=1S/C24H18N2O5S2/c27-23-22(33-24(32)25(23)18-8-10-19(11-9-18)26(28)29)16-17-6-12-21(13-7-17)31-15-14-30-20-4-2-1-3-5-20/h1-13,16H,14-15H2/b22-16-. The highest BCUT2D eigenvalue weighted by molar-refractivity contribution is 8.27. The van der Waals surface area contributed by atoms with E-state index in [1.54, 1.807) is 6.08 Å². The Labute approximate surface area is 199 Å². The molecule has 0 aromatic heterocycles. The van der Waals surface area contributed by atoms with Crippen LogP contribution >= 0.6 is 24.0 Å². The number of rotatable bonds is 8. The maximum Gasteiger partial charge on any atom is 0.270 e. The molecule has 7 nitrogen and oxygen atoms in total. The topological polar surface area (TPSA) is 81.9 Å². The van der Waals surface area contributed by atoms with Gasteiger partial charge in [0.25, 0.3) is 11.6 Å². The Morgan fingerprint density at radius 1 is 0.909 bits per heavy atom. The Hall–Kier alpha value is -3.69. The third kappa shape index (κ3) is 5.57. The number of non-ortho nitro benzene ring substituents is 1. The molecular formula is C24H18N2O5S2. The number of para-hydroxylation sites is 1. The number of hydrogen-bond donors (Lipinski definition) is 0. The number of amides is 1. The van der Waals surface area contributed by atoms with Gasteiger partial charge in [0.1, 0.15) is 24.7 Å². The van der Waals surface area contributed by atoms with Crippen molar-refractivity contribution in [2.45, 2.75) is 0 Å². The fourth-order valence-electron chi connectivity index (χ4n) is 3.06. The average Bonchev–Trinajstić information content (AvgIpc) is 3.11. The van der Waals surface area contributed by atoms with E-state index in [9.17, 15) is 14.9 Å². The second kappa shape index (κ2) is 10.3. The number of hydrogen-bond acceptors (Lipinski definition) is 7. The minimum absolute atomic E-state index is 0.0475. The summed E-state index contributed by atoms with van der Waals surface area (Å²) in [5, 5.41) is 10.8. The lowest BCUT2D eigenvalue weighted by molar-refractivity contribution is -0.384. The quantitative estimate of drug-likeness (QED) is 0.140. The SMILES string of the molecule is O=C1/C(=C/c2ccc(OCCOc3ccccc3)cc2)SC(=S)N1c1ccc([N+](=O)[O-])cc1. The van der Waals surface area contributed by atoms with Crippen molar-refractivity contribution in [3.63, 3.8) is 0 Å². The van der Waals surface area contributed by atoms with Crippen molar-refractivity contribution in [1.82, 2.24) is 0 Å². The van der Waals surface area contributed by atoms with E-state index < -0.39 is 4.92 Å². The van der Waals surface area contributed by atoms with Gasteiger partial charge in [-0.1, -0.05) is 54.3 Å². The third-order valence-electron chi connectivity index (χ3n) is 4.65. The summed E-state index contributed by atoms with van der Waals surface area (Å²) in [5.41, 5.74) is 1.27. The highest BCUT2D eigenvalue weighted by Crippen LogP contribution is 2.36. The molecule has 3 aromatic carbocycles. The number of benzene rings is 3. The van der Waals surface area contributed by atoms with Crippen molar-refractivity contribution in [1.29, 1.82) is 0 Å². The molecule has 1 amide bonds. The predicted molar refractivity (Wildman–Crippen MR) is 133 cm³/mol. The van der Waals surface area contributed by atoms with Gasteiger partial charge >= 0.3 is 0 Å². The van der Waals surface area contributed by atoms with Gasteiger partial charge in [-0.2, -0.15) is 0 Å². The highest BCUT2D eigenvalue weighted by atomic mass is 32.2. The number of nitro groups is 1. The van der Waals surface area contributed by atoms with Gasteiger partial charge in [-0.05, 0) is 48.0 Å². The van der Waals surface area contributed by atoms with Crippen LogP contribution < -0.4 is 14.4 Å². The number of ether oxygens (including phenoxy) is 2. The van der Waals surface area contributed by atoms with Gasteiger partial charge in [-0.3, -0.25) is 19.8 Å². The number of thioether (sulfide) groups is 1. The van der Waals surface area contributed by atoms with Gasteiger partial charge in [0.05, 0.1) is 15.5 Å². The fraction of sp³-hybridized carbons (Fsp3) is 0.0833. The minimum atomic E-state index is -0.488. The van der Waals surface area contributed by atoms with Crippen LogP contribution in [0, 0.1) is 10.1 Å². The lowest BCUT2D eigenvalue weighted by Crippen LogP contribution is -2.27. The first kappa shape index (κ1) is 22.5. The number of carbonyl (C=O) groups excluding carboxylic acids is 1. The van der Waals surface area contributed by atoms with Gasteiger partial charge in [0, 0.05) is 12.1 Å². The van der Waals surface area contributed by atoms with Crippen molar-refractivity contribution in [2.24, 2.45) is 0 Å². The Kier molecular flexibility index (Phi) is 7.01. The van der Waals surface area contributed by atoms with Crippen molar-refractivity contribution in [2.75, 3.05) is 18.1 Å². The largest absolute Gasteiger partial charge is 0.490 e. The lowest BCUT2D eigenvalue weighted by atomic mass is 10.2. The summed E-state index contributed by atoms with van der Waals surface area (Å²) in [6.07, 6.45) is 1.76. The molecule has 0 atom stereocenters. The molecule has 0 radical (unpaired) electrons. The molecule has 0 aliphatic carbocycles. The lowest BCUT2D eigenvalue weighted by Gasteiger charge is -2.13. The summed E-state index contributed by atoms with van der Waals surface area (Å²) < 4.78 is 11.7. The van der Waals surface area contributed by atoms with E-state index in [1.165, 1.54) is 40.9 Å². The molecular weight excluding hydrogens is 460 g/mol. The Morgan fingerprint density at radius 3 is 2.12 bits per heavy atom. The summed E-state index contributed by atoms with van der Waals surface area (Å²) in [6.45, 7) is 0.832. The summed E-state index contributed by atoms with van der Waals surface area (Å²) in [6, 6.07) is 22.6. The van der Waals surface area contributed by atoms with Crippen molar-refractivity contribution in [3.8, 4) is 11.5 Å². The fourth-order valence-corrected chi connectivity index (χ4v) is 4.36. The predicted octanol–water partition coefficient (Wildman–Crippen LogP) is 5.46. The molecule has 166 valence electrons. The molecule has 1 fully saturated rings. The van der Waals surface area contributed by atoms with Gasteiger partial charge in [0.2, 0.25) is 0 Å². The molecule has 1 aliphatic heterocycles. The first-order valence-electron chi connectivity index (χ1n) is 9.94. The average molecular weight is 479 g/mol. The second-order valence-corrected chi connectivity index (χ2v) is 8.55. The maximum atomic E-state index is 12.9. The van der Waals surface area contributed by atoms with Crippen LogP contribution in [0.1, 0.15) is 5.56 Å². The second-order valence-electron chi connectivity index (χ2n) is 6.87. The zero-order chi connectivity index (χ0) is 23.2. The Balaban J connectivity index is 1.36. The smallest absolute Gasteiger partial charge is 0.270 e. The van der Waals surface area contributed by atoms with Crippen LogP contribution in [0.3, 0.4) is 0 Å². The molecule has 0 spiro atoms.